The minimum absolute atomic E-state index is 0.0733. The molecule has 0 unspecified atom stereocenters. The summed E-state index contributed by atoms with van der Waals surface area (Å²) in [6.07, 6.45) is 1.17. The Labute approximate surface area is 102 Å². The molecule has 0 atom stereocenters. The lowest BCUT2D eigenvalue weighted by atomic mass is 9.88. The normalized spacial score (nSPS) is 17.3. The molecule has 0 bridgehead atoms. The number of carbonyl (C=O) groups is 2. The molecule has 2 N–H and O–H groups in total. The summed E-state index contributed by atoms with van der Waals surface area (Å²) >= 11 is 0. The van der Waals surface area contributed by atoms with Gasteiger partial charge in [0.2, 0.25) is 0 Å². The molecule has 0 radical (unpaired) electrons. The number of allylic oxidation sites excluding steroid dienone is 2. The van der Waals surface area contributed by atoms with Crippen molar-refractivity contribution in [2.45, 2.75) is 6.92 Å². The molecule has 18 heavy (non-hydrogen) atoms. The average molecular weight is 244 g/mol. The zero-order valence-electron chi connectivity index (χ0n) is 9.35. The fourth-order valence-electron chi connectivity index (χ4n) is 2.21. The van der Waals surface area contributed by atoms with Gasteiger partial charge in [-0.25, -0.2) is 4.79 Å². The maximum Gasteiger partial charge on any atom is 0.339 e. The van der Waals surface area contributed by atoms with Crippen LogP contribution < -0.4 is 0 Å². The number of ketones is 1. The third kappa shape index (κ3) is 1.21. The van der Waals surface area contributed by atoms with Crippen molar-refractivity contribution in [1.29, 1.82) is 0 Å². The Morgan fingerprint density at radius 2 is 1.89 bits per heavy atom. The van der Waals surface area contributed by atoms with E-state index in [4.69, 9.17) is 4.74 Å². The van der Waals surface area contributed by atoms with Crippen LogP contribution in [0, 0.1) is 0 Å². The zero-order chi connectivity index (χ0) is 13.0. The predicted octanol–water partition coefficient (Wildman–Crippen LogP) is 1.51. The van der Waals surface area contributed by atoms with Crippen molar-refractivity contribution in [2.24, 2.45) is 0 Å². The Balaban J connectivity index is 2.40. The second-order valence-electron chi connectivity index (χ2n) is 4.15. The van der Waals surface area contributed by atoms with E-state index in [0.717, 1.165) is 6.07 Å². The summed E-state index contributed by atoms with van der Waals surface area (Å²) in [7, 11) is 0. The van der Waals surface area contributed by atoms with Gasteiger partial charge in [0.1, 0.15) is 17.3 Å². The number of hydrogen-bond acceptors (Lipinski definition) is 5. The summed E-state index contributed by atoms with van der Waals surface area (Å²) < 4.78 is 4.95. The molecule has 5 heteroatoms. The Bertz CT molecular complexity index is 679. The molecule has 0 spiro atoms. The number of ether oxygens (including phenoxy) is 1. The number of hydrogen-bond donors (Lipinski definition) is 2. The summed E-state index contributed by atoms with van der Waals surface area (Å²) in [5, 5.41) is 19.2. The molecule has 0 amide bonds. The highest BCUT2D eigenvalue weighted by molar-refractivity contribution is 6.20. The third-order valence-electron chi connectivity index (χ3n) is 3.01. The highest BCUT2D eigenvalue weighted by Crippen LogP contribution is 2.43. The lowest BCUT2D eigenvalue weighted by molar-refractivity contribution is -0.133. The molecule has 1 aliphatic carbocycles. The minimum Gasteiger partial charge on any atom is -0.508 e. The highest BCUT2D eigenvalue weighted by Gasteiger charge is 2.35. The number of phenols is 2. The third-order valence-corrected chi connectivity index (χ3v) is 3.01. The van der Waals surface area contributed by atoms with E-state index in [1.165, 1.54) is 12.1 Å². The number of rotatable bonds is 0. The second kappa shape index (κ2) is 3.22. The smallest absolute Gasteiger partial charge is 0.339 e. The van der Waals surface area contributed by atoms with Crippen LogP contribution in [0.3, 0.4) is 0 Å². The van der Waals surface area contributed by atoms with Crippen molar-refractivity contribution in [3.63, 3.8) is 0 Å². The van der Waals surface area contributed by atoms with Gasteiger partial charge in [-0.3, -0.25) is 4.79 Å². The average Bonchev–Trinajstić information content (AvgIpc) is 2.53. The highest BCUT2D eigenvalue weighted by atomic mass is 16.5. The van der Waals surface area contributed by atoms with E-state index in [1.807, 2.05) is 0 Å². The summed E-state index contributed by atoms with van der Waals surface area (Å²) in [5.41, 5.74) is 1.18. The first-order chi connectivity index (χ1) is 8.49. The quantitative estimate of drug-likeness (QED) is 0.676. The molecule has 1 heterocycles. The zero-order valence-corrected chi connectivity index (χ0v) is 9.35. The molecule has 0 fully saturated rings. The van der Waals surface area contributed by atoms with Crippen molar-refractivity contribution in [1.82, 2.24) is 0 Å². The molecule has 1 aliphatic heterocycles. The van der Waals surface area contributed by atoms with Crippen LogP contribution in [-0.2, 0) is 9.53 Å². The Morgan fingerprint density at radius 1 is 1.17 bits per heavy atom. The summed E-state index contributed by atoms with van der Waals surface area (Å²) in [6.45, 7) is 1.57. The molecule has 1 aromatic rings. The van der Waals surface area contributed by atoms with E-state index in [9.17, 15) is 19.8 Å². The fourth-order valence-corrected chi connectivity index (χ4v) is 2.21. The standard InChI is InChI=1S/C13H8O5/c1-5-11-7-2-6(14)3-8(15)12(7)9(16)4-10(11)18-13(5)17/h2-4,14-15H,1H3. The van der Waals surface area contributed by atoms with Gasteiger partial charge >= 0.3 is 5.97 Å². The first-order valence-electron chi connectivity index (χ1n) is 5.25. The summed E-state index contributed by atoms with van der Waals surface area (Å²) in [4.78, 5) is 23.3. The van der Waals surface area contributed by atoms with Gasteiger partial charge < -0.3 is 14.9 Å². The lowest BCUT2D eigenvalue weighted by Gasteiger charge is -2.16. The fraction of sp³-hybridized carbons (Fsp3) is 0.0769. The first-order valence-corrected chi connectivity index (χ1v) is 5.25. The summed E-state index contributed by atoms with van der Waals surface area (Å²) in [6, 6.07) is 2.42. The number of carbonyl (C=O) groups excluding carboxylic acids is 2. The van der Waals surface area contributed by atoms with Gasteiger partial charge in [-0.15, -0.1) is 0 Å². The van der Waals surface area contributed by atoms with Crippen molar-refractivity contribution in [3.05, 3.63) is 40.7 Å². The van der Waals surface area contributed by atoms with E-state index in [0.29, 0.717) is 16.7 Å². The van der Waals surface area contributed by atoms with Crippen LogP contribution in [0.25, 0.3) is 5.57 Å². The Hall–Kier alpha value is -2.56. The van der Waals surface area contributed by atoms with Crippen LogP contribution in [-0.4, -0.2) is 22.0 Å². The summed E-state index contributed by atoms with van der Waals surface area (Å²) in [5.74, 6) is -1.31. The predicted molar refractivity (Wildman–Crippen MR) is 60.9 cm³/mol. The molecular weight excluding hydrogens is 236 g/mol. The van der Waals surface area contributed by atoms with Gasteiger partial charge in [-0.05, 0) is 13.0 Å². The van der Waals surface area contributed by atoms with Crippen LogP contribution in [0.4, 0.5) is 0 Å². The van der Waals surface area contributed by atoms with Crippen LogP contribution in [0.5, 0.6) is 11.5 Å². The number of fused-ring (bicyclic) bond motifs is 3. The van der Waals surface area contributed by atoms with Gasteiger partial charge in [0.15, 0.2) is 5.78 Å². The van der Waals surface area contributed by atoms with Crippen molar-refractivity contribution >= 4 is 17.3 Å². The number of phenolic OH excluding ortho intramolecular Hbond substituents is 2. The Kier molecular flexibility index (Phi) is 1.90. The largest absolute Gasteiger partial charge is 0.508 e. The van der Waals surface area contributed by atoms with Crippen LogP contribution in [0.1, 0.15) is 22.8 Å². The molecule has 3 rings (SSSR count). The maximum absolute atomic E-state index is 11.8. The second-order valence-corrected chi connectivity index (χ2v) is 4.15. The van der Waals surface area contributed by atoms with Crippen molar-refractivity contribution in [3.8, 4) is 11.5 Å². The molecule has 1 aromatic carbocycles. The van der Waals surface area contributed by atoms with E-state index in [1.54, 1.807) is 6.92 Å². The molecular formula is C13H8O5. The number of esters is 1. The molecule has 5 nitrogen and oxygen atoms in total. The number of benzene rings is 1. The molecule has 0 aromatic heterocycles. The van der Waals surface area contributed by atoms with E-state index < -0.39 is 11.8 Å². The topological polar surface area (TPSA) is 83.8 Å². The van der Waals surface area contributed by atoms with Crippen LogP contribution >= 0.6 is 0 Å². The van der Waals surface area contributed by atoms with Gasteiger partial charge in [-0.1, -0.05) is 0 Å². The van der Waals surface area contributed by atoms with Gasteiger partial charge in [0.05, 0.1) is 5.56 Å². The van der Waals surface area contributed by atoms with Gasteiger partial charge in [-0.2, -0.15) is 0 Å². The first kappa shape index (κ1) is 10.6. The minimum atomic E-state index is -0.528. The van der Waals surface area contributed by atoms with Crippen LogP contribution in [0.15, 0.2) is 29.5 Å². The molecule has 0 saturated heterocycles. The lowest BCUT2D eigenvalue weighted by Crippen LogP contribution is -2.08. The SMILES string of the molecule is CC1=C2C(=CC(=O)c3c(O)cc(O)cc32)OC1=O. The van der Waals surface area contributed by atoms with Crippen molar-refractivity contribution in [2.75, 3.05) is 0 Å². The van der Waals surface area contributed by atoms with Crippen molar-refractivity contribution < 1.29 is 24.5 Å². The molecule has 0 saturated carbocycles. The van der Waals surface area contributed by atoms with Gasteiger partial charge in [0.25, 0.3) is 0 Å². The Morgan fingerprint density at radius 3 is 2.61 bits per heavy atom. The molecule has 90 valence electrons. The van der Waals surface area contributed by atoms with Gasteiger partial charge in [0, 0.05) is 28.9 Å². The van der Waals surface area contributed by atoms with Crippen LogP contribution in [0.2, 0.25) is 0 Å². The number of aromatic hydroxyl groups is 2. The van der Waals surface area contributed by atoms with E-state index >= 15 is 0 Å². The van der Waals surface area contributed by atoms with E-state index in [2.05, 4.69) is 0 Å². The van der Waals surface area contributed by atoms with E-state index in [-0.39, 0.29) is 22.8 Å². The molecule has 2 aliphatic rings. The monoisotopic (exact) mass is 244 g/mol. The maximum atomic E-state index is 11.8.